The quantitative estimate of drug-likeness (QED) is 0.923. The first-order valence-electron chi connectivity index (χ1n) is 5.83. The average Bonchev–Trinajstić information content (AvgIpc) is 2.76. The topological polar surface area (TPSA) is 29.9 Å². The first-order valence-corrected chi connectivity index (χ1v) is 6.21. The van der Waals surface area contributed by atoms with Crippen molar-refractivity contribution in [1.29, 1.82) is 0 Å². The van der Waals surface area contributed by atoms with E-state index < -0.39 is 5.82 Å². The maximum Gasteiger partial charge on any atom is 0.143 e. The summed E-state index contributed by atoms with van der Waals surface area (Å²) in [6.07, 6.45) is 2.64. The molecule has 0 aliphatic rings. The van der Waals surface area contributed by atoms with Crippen LogP contribution in [0.25, 0.3) is 5.69 Å². The number of halogens is 2. The lowest BCUT2D eigenvalue weighted by Gasteiger charge is -2.08. The van der Waals surface area contributed by atoms with Crippen LogP contribution in [0, 0.1) is 5.82 Å². The number of nitrogens with one attached hydrogen (secondary N) is 1. The van der Waals surface area contributed by atoms with E-state index in [2.05, 4.69) is 17.3 Å². The van der Waals surface area contributed by atoms with Gasteiger partial charge in [-0.1, -0.05) is 18.5 Å². The Kier molecular flexibility index (Phi) is 3.99. The lowest BCUT2D eigenvalue weighted by atomic mass is 10.2. The first kappa shape index (κ1) is 13.1. The summed E-state index contributed by atoms with van der Waals surface area (Å²) in [5.74, 6) is -0.429. The molecule has 0 fully saturated rings. The Labute approximate surface area is 111 Å². The van der Waals surface area contributed by atoms with Gasteiger partial charge in [-0.2, -0.15) is 5.10 Å². The van der Waals surface area contributed by atoms with Crippen LogP contribution in [0.2, 0.25) is 5.02 Å². The zero-order chi connectivity index (χ0) is 13.1. The fourth-order valence-electron chi connectivity index (χ4n) is 1.96. The van der Waals surface area contributed by atoms with Gasteiger partial charge in [0.2, 0.25) is 0 Å². The van der Waals surface area contributed by atoms with E-state index in [1.165, 1.54) is 6.07 Å². The summed E-state index contributed by atoms with van der Waals surface area (Å²) in [5.41, 5.74) is 2.89. The van der Waals surface area contributed by atoms with Gasteiger partial charge in [0.1, 0.15) is 5.82 Å². The molecule has 2 rings (SSSR count). The van der Waals surface area contributed by atoms with Crippen LogP contribution in [-0.2, 0) is 13.0 Å². The molecule has 18 heavy (non-hydrogen) atoms. The highest BCUT2D eigenvalue weighted by Gasteiger charge is 2.11. The smallest absolute Gasteiger partial charge is 0.143 e. The molecule has 1 N–H and O–H groups in total. The highest BCUT2D eigenvalue weighted by atomic mass is 35.5. The second-order valence-electron chi connectivity index (χ2n) is 4.01. The van der Waals surface area contributed by atoms with Gasteiger partial charge < -0.3 is 5.32 Å². The monoisotopic (exact) mass is 267 g/mol. The third kappa shape index (κ3) is 2.40. The fraction of sp³-hybridized carbons (Fsp3) is 0.308. The van der Waals surface area contributed by atoms with Crippen molar-refractivity contribution in [3.63, 3.8) is 0 Å². The maximum absolute atomic E-state index is 13.5. The molecule has 0 saturated heterocycles. The van der Waals surface area contributed by atoms with Gasteiger partial charge in [0.15, 0.2) is 0 Å². The zero-order valence-electron chi connectivity index (χ0n) is 10.4. The van der Waals surface area contributed by atoms with Gasteiger partial charge in [-0.15, -0.1) is 0 Å². The second kappa shape index (κ2) is 5.50. The van der Waals surface area contributed by atoms with Crippen molar-refractivity contribution in [2.24, 2.45) is 0 Å². The molecular weight excluding hydrogens is 253 g/mol. The number of aromatic nitrogens is 2. The predicted octanol–water partition coefficient (Wildman–Crippen LogP) is 2.95. The SMILES string of the molecule is CCc1c(CNC)cnn1-c1ccc(Cl)c(F)c1. The molecule has 0 amide bonds. The van der Waals surface area contributed by atoms with Gasteiger partial charge in [0.25, 0.3) is 0 Å². The summed E-state index contributed by atoms with van der Waals surface area (Å²) in [6, 6.07) is 4.71. The van der Waals surface area contributed by atoms with Gasteiger partial charge in [0, 0.05) is 23.9 Å². The van der Waals surface area contributed by atoms with Crippen molar-refractivity contribution in [1.82, 2.24) is 15.1 Å². The van der Waals surface area contributed by atoms with E-state index >= 15 is 0 Å². The van der Waals surface area contributed by atoms with E-state index in [1.54, 1.807) is 16.8 Å². The van der Waals surface area contributed by atoms with Crippen LogP contribution in [0.15, 0.2) is 24.4 Å². The molecule has 1 aromatic heterocycles. The van der Waals surface area contributed by atoms with Gasteiger partial charge in [-0.05, 0) is 25.6 Å². The van der Waals surface area contributed by atoms with Gasteiger partial charge in [-0.3, -0.25) is 0 Å². The molecular formula is C13H15ClFN3. The van der Waals surface area contributed by atoms with Crippen LogP contribution in [-0.4, -0.2) is 16.8 Å². The van der Waals surface area contributed by atoms with Gasteiger partial charge in [0.05, 0.1) is 16.9 Å². The molecule has 1 aromatic carbocycles. The number of hydrogen-bond donors (Lipinski definition) is 1. The van der Waals surface area contributed by atoms with E-state index in [0.717, 1.165) is 24.2 Å². The molecule has 0 bridgehead atoms. The standard InChI is InChI=1S/C13H15ClFN3/c1-3-13-9(7-16-2)8-17-18(13)10-4-5-11(14)12(15)6-10/h4-6,8,16H,3,7H2,1-2H3. The minimum atomic E-state index is -0.429. The molecule has 1 heterocycles. The van der Waals surface area contributed by atoms with Crippen molar-refractivity contribution >= 4 is 11.6 Å². The third-order valence-corrected chi connectivity index (χ3v) is 3.11. The summed E-state index contributed by atoms with van der Waals surface area (Å²) in [4.78, 5) is 0. The molecule has 0 unspecified atom stereocenters. The fourth-order valence-corrected chi connectivity index (χ4v) is 2.08. The Bertz CT molecular complexity index is 551. The normalized spacial score (nSPS) is 10.9. The molecule has 2 aromatic rings. The Balaban J connectivity index is 2.46. The van der Waals surface area contributed by atoms with Crippen molar-refractivity contribution in [2.45, 2.75) is 19.9 Å². The summed E-state index contributed by atoms with van der Waals surface area (Å²) in [5, 5.41) is 7.53. The average molecular weight is 268 g/mol. The largest absolute Gasteiger partial charge is 0.316 e. The third-order valence-electron chi connectivity index (χ3n) is 2.81. The number of rotatable bonds is 4. The summed E-state index contributed by atoms with van der Waals surface area (Å²) in [6.45, 7) is 2.80. The highest BCUT2D eigenvalue weighted by molar-refractivity contribution is 6.30. The van der Waals surface area contributed by atoms with E-state index in [1.807, 2.05) is 13.2 Å². The van der Waals surface area contributed by atoms with Crippen molar-refractivity contribution in [2.75, 3.05) is 7.05 Å². The van der Waals surface area contributed by atoms with E-state index in [-0.39, 0.29) is 5.02 Å². The van der Waals surface area contributed by atoms with Crippen LogP contribution in [0.4, 0.5) is 4.39 Å². The van der Waals surface area contributed by atoms with Gasteiger partial charge in [-0.25, -0.2) is 9.07 Å². The molecule has 3 nitrogen and oxygen atoms in total. The molecule has 0 aliphatic carbocycles. The van der Waals surface area contributed by atoms with Crippen LogP contribution < -0.4 is 5.32 Å². The van der Waals surface area contributed by atoms with E-state index in [9.17, 15) is 4.39 Å². The first-order chi connectivity index (χ1) is 8.67. The van der Waals surface area contributed by atoms with Crippen molar-refractivity contribution < 1.29 is 4.39 Å². The van der Waals surface area contributed by atoms with Crippen molar-refractivity contribution in [3.05, 3.63) is 46.5 Å². The van der Waals surface area contributed by atoms with Crippen LogP contribution >= 0.6 is 11.6 Å². The van der Waals surface area contributed by atoms with Gasteiger partial charge >= 0.3 is 0 Å². The summed E-state index contributed by atoms with van der Waals surface area (Å²) < 4.78 is 15.2. The molecule has 96 valence electrons. The number of nitrogens with zero attached hydrogens (tertiary/aromatic N) is 2. The lowest BCUT2D eigenvalue weighted by molar-refractivity contribution is 0.625. The van der Waals surface area contributed by atoms with Crippen LogP contribution in [0.1, 0.15) is 18.2 Å². The minimum Gasteiger partial charge on any atom is -0.316 e. The molecule has 0 saturated carbocycles. The maximum atomic E-state index is 13.5. The molecule has 0 atom stereocenters. The Hall–Kier alpha value is -1.39. The lowest BCUT2D eigenvalue weighted by Crippen LogP contribution is -2.08. The zero-order valence-corrected chi connectivity index (χ0v) is 11.1. The summed E-state index contributed by atoms with van der Waals surface area (Å²) in [7, 11) is 1.89. The predicted molar refractivity (Wildman–Crippen MR) is 70.7 cm³/mol. The van der Waals surface area contributed by atoms with Crippen LogP contribution in [0.3, 0.4) is 0 Å². The molecule has 0 radical (unpaired) electrons. The molecule has 0 aliphatic heterocycles. The summed E-state index contributed by atoms with van der Waals surface area (Å²) >= 11 is 5.68. The second-order valence-corrected chi connectivity index (χ2v) is 4.42. The number of benzene rings is 1. The molecule has 5 heteroatoms. The molecule has 0 spiro atoms. The highest BCUT2D eigenvalue weighted by Crippen LogP contribution is 2.20. The van der Waals surface area contributed by atoms with E-state index in [4.69, 9.17) is 11.6 Å². The van der Waals surface area contributed by atoms with Crippen molar-refractivity contribution in [3.8, 4) is 5.69 Å². The Morgan fingerprint density at radius 1 is 1.44 bits per heavy atom. The van der Waals surface area contributed by atoms with Crippen LogP contribution in [0.5, 0.6) is 0 Å². The Morgan fingerprint density at radius 2 is 2.22 bits per heavy atom. The minimum absolute atomic E-state index is 0.124. The number of hydrogen-bond acceptors (Lipinski definition) is 2. The van der Waals surface area contributed by atoms with E-state index in [0.29, 0.717) is 5.69 Å². The Morgan fingerprint density at radius 3 is 2.83 bits per heavy atom.